The van der Waals surface area contributed by atoms with E-state index in [1.165, 1.54) is 12.1 Å². The van der Waals surface area contributed by atoms with Crippen LogP contribution in [0.25, 0.3) is 33.9 Å². The highest BCUT2D eigenvalue weighted by molar-refractivity contribution is 5.90. The summed E-state index contributed by atoms with van der Waals surface area (Å²) in [7, 11) is 0. The first-order chi connectivity index (χ1) is 10.3. The largest absolute Gasteiger partial charge is 0.346 e. The summed E-state index contributed by atoms with van der Waals surface area (Å²) in [5.74, 6) is 0.385. The summed E-state index contributed by atoms with van der Waals surface area (Å²) in [6, 6.07) is 9.76. The Morgan fingerprint density at radius 1 is 1.14 bits per heavy atom. The highest BCUT2D eigenvalue weighted by atomic mass is 19.1. The van der Waals surface area contributed by atoms with Gasteiger partial charge in [0.2, 0.25) is 5.82 Å². The number of hydrogen-bond donors (Lipinski definition) is 1. The number of H-pyrrole nitrogens is 1. The Morgan fingerprint density at radius 3 is 3.00 bits per heavy atom. The molecule has 3 aromatic heterocycles. The van der Waals surface area contributed by atoms with Crippen molar-refractivity contribution in [3.05, 3.63) is 54.6 Å². The average Bonchev–Trinajstić information content (AvgIpc) is 3.16. The van der Waals surface area contributed by atoms with E-state index in [-0.39, 0.29) is 11.7 Å². The smallest absolute Gasteiger partial charge is 0.258 e. The second-order valence-corrected chi connectivity index (χ2v) is 4.53. The minimum Gasteiger partial charge on any atom is -0.346 e. The number of benzene rings is 1. The highest BCUT2D eigenvalue weighted by Crippen LogP contribution is 2.27. The van der Waals surface area contributed by atoms with Crippen molar-refractivity contribution in [2.45, 2.75) is 0 Å². The van der Waals surface area contributed by atoms with Gasteiger partial charge in [0.15, 0.2) is 0 Å². The van der Waals surface area contributed by atoms with Crippen molar-refractivity contribution in [2.24, 2.45) is 0 Å². The molecule has 21 heavy (non-hydrogen) atoms. The fraction of sp³-hybridized carbons (Fsp3) is 0. The molecule has 0 atom stereocenters. The number of nitrogens with zero attached hydrogens (tertiary/aromatic N) is 3. The Hall–Kier alpha value is -3.02. The van der Waals surface area contributed by atoms with Gasteiger partial charge in [-0.05, 0) is 30.3 Å². The van der Waals surface area contributed by atoms with Gasteiger partial charge in [-0.15, -0.1) is 0 Å². The molecular formula is C15H9FN4O. The van der Waals surface area contributed by atoms with Crippen molar-refractivity contribution in [3.8, 4) is 22.8 Å². The van der Waals surface area contributed by atoms with E-state index in [0.29, 0.717) is 11.4 Å². The van der Waals surface area contributed by atoms with Crippen LogP contribution in [0, 0.1) is 5.82 Å². The molecule has 0 bridgehead atoms. The molecule has 6 heteroatoms. The Bertz CT molecular complexity index is 928. The van der Waals surface area contributed by atoms with Gasteiger partial charge in [0, 0.05) is 28.9 Å². The van der Waals surface area contributed by atoms with E-state index in [2.05, 4.69) is 20.1 Å². The Balaban J connectivity index is 1.83. The molecular weight excluding hydrogens is 271 g/mol. The van der Waals surface area contributed by atoms with Crippen LogP contribution < -0.4 is 0 Å². The molecule has 102 valence electrons. The van der Waals surface area contributed by atoms with Crippen molar-refractivity contribution in [1.29, 1.82) is 0 Å². The molecule has 0 aliphatic carbocycles. The van der Waals surface area contributed by atoms with E-state index < -0.39 is 0 Å². The molecule has 1 N–H and O–H groups in total. The van der Waals surface area contributed by atoms with Crippen LogP contribution in [0.4, 0.5) is 4.39 Å². The Kier molecular flexibility index (Phi) is 2.53. The molecule has 0 saturated carbocycles. The van der Waals surface area contributed by atoms with Crippen LogP contribution >= 0.6 is 0 Å². The molecule has 3 heterocycles. The number of rotatable bonds is 2. The third kappa shape index (κ3) is 1.97. The Labute approximate surface area is 118 Å². The molecule has 0 radical (unpaired) electrons. The molecule has 0 saturated heterocycles. The summed E-state index contributed by atoms with van der Waals surface area (Å²) >= 11 is 0. The molecule has 0 spiro atoms. The predicted molar refractivity (Wildman–Crippen MR) is 74.8 cm³/mol. The van der Waals surface area contributed by atoms with E-state index >= 15 is 0 Å². The quantitative estimate of drug-likeness (QED) is 0.611. The topological polar surface area (TPSA) is 67.6 Å². The number of nitrogens with one attached hydrogen (secondary N) is 1. The zero-order valence-corrected chi connectivity index (χ0v) is 10.7. The van der Waals surface area contributed by atoms with Gasteiger partial charge in [0.25, 0.3) is 5.89 Å². The van der Waals surface area contributed by atoms with Crippen molar-refractivity contribution in [2.75, 3.05) is 0 Å². The number of halogens is 1. The Morgan fingerprint density at radius 2 is 2.10 bits per heavy atom. The van der Waals surface area contributed by atoms with Crippen LogP contribution in [0.1, 0.15) is 0 Å². The van der Waals surface area contributed by atoms with E-state index in [9.17, 15) is 4.39 Å². The molecule has 1 aromatic carbocycles. The number of aromatic amines is 1. The van der Waals surface area contributed by atoms with Crippen LogP contribution in [0.3, 0.4) is 0 Å². The average molecular weight is 280 g/mol. The third-order valence-electron chi connectivity index (χ3n) is 3.20. The van der Waals surface area contributed by atoms with Crippen molar-refractivity contribution < 1.29 is 8.91 Å². The number of hydrogen-bond acceptors (Lipinski definition) is 4. The maximum atomic E-state index is 13.2. The van der Waals surface area contributed by atoms with Gasteiger partial charge in [0.1, 0.15) is 11.5 Å². The molecule has 5 nitrogen and oxygen atoms in total. The summed E-state index contributed by atoms with van der Waals surface area (Å²) in [5.41, 5.74) is 2.12. The van der Waals surface area contributed by atoms with E-state index in [1.54, 1.807) is 24.5 Å². The van der Waals surface area contributed by atoms with Crippen LogP contribution in [0.2, 0.25) is 0 Å². The number of pyridine rings is 1. The lowest BCUT2D eigenvalue weighted by molar-refractivity contribution is 0.432. The minimum absolute atomic E-state index is 0.282. The summed E-state index contributed by atoms with van der Waals surface area (Å²) in [6.07, 6.45) is 3.47. The van der Waals surface area contributed by atoms with Crippen LogP contribution in [0.15, 0.2) is 53.3 Å². The lowest BCUT2D eigenvalue weighted by Crippen LogP contribution is -1.84. The molecule has 0 aliphatic heterocycles. The fourth-order valence-electron chi connectivity index (χ4n) is 2.23. The monoisotopic (exact) mass is 280 g/mol. The first-order valence-electron chi connectivity index (χ1n) is 6.33. The van der Waals surface area contributed by atoms with E-state index in [1.807, 2.05) is 12.1 Å². The van der Waals surface area contributed by atoms with Gasteiger partial charge in [-0.3, -0.25) is 0 Å². The lowest BCUT2D eigenvalue weighted by Gasteiger charge is -1.96. The summed E-state index contributed by atoms with van der Waals surface area (Å²) in [5, 5.41) is 4.88. The van der Waals surface area contributed by atoms with Crippen molar-refractivity contribution in [3.63, 3.8) is 0 Å². The zero-order valence-electron chi connectivity index (χ0n) is 10.7. The molecule has 4 rings (SSSR count). The maximum Gasteiger partial charge on any atom is 0.258 e. The van der Waals surface area contributed by atoms with Crippen molar-refractivity contribution >= 4 is 11.0 Å². The summed E-state index contributed by atoms with van der Waals surface area (Å²) in [6.45, 7) is 0. The van der Waals surface area contributed by atoms with E-state index in [4.69, 9.17) is 4.52 Å². The highest BCUT2D eigenvalue weighted by Gasteiger charge is 2.14. The number of aromatic nitrogens is 4. The van der Waals surface area contributed by atoms with Gasteiger partial charge in [-0.1, -0.05) is 11.2 Å². The van der Waals surface area contributed by atoms with Gasteiger partial charge in [-0.25, -0.2) is 9.37 Å². The molecule has 4 aromatic rings. The number of fused-ring (bicyclic) bond motifs is 1. The molecule has 0 amide bonds. The minimum atomic E-state index is -0.343. The van der Waals surface area contributed by atoms with Gasteiger partial charge in [0.05, 0.1) is 0 Å². The van der Waals surface area contributed by atoms with Crippen LogP contribution in [-0.4, -0.2) is 20.1 Å². The molecule has 0 aliphatic rings. The SMILES string of the molecule is Fc1cccc(-c2nc(-c3ccnc4[nH]ccc34)no2)c1. The normalized spacial score (nSPS) is 11.1. The maximum absolute atomic E-state index is 13.2. The third-order valence-corrected chi connectivity index (χ3v) is 3.20. The standard InChI is InChI=1S/C15H9FN4O/c16-10-3-1-2-9(8-10)15-19-14(20-21-15)12-5-7-18-13-11(12)4-6-17-13/h1-8H,(H,17,18). The second-order valence-electron chi connectivity index (χ2n) is 4.53. The fourth-order valence-corrected chi connectivity index (χ4v) is 2.23. The van der Waals surface area contributed by atoms with Gasteiger partial charge < -0.3 is 9.51 Å². The first-order valence-corrected chi connectivity index (χ1v) is 6.33. The van der Waals surface area contributed by atoms with Crippen LogP contribution in [-0.2, 0) is 0 Å². The van der Waals surface area contributed by atoms with Crippen LogP contribution in [0.5, 0.6) is 0 Å². The van der Waals surface area contributed by atoms with E-state index in [0.717, 1.165) is 16.6 Å². The lowest BCUT2D eigenvalue weighted by atomic mass is 10.2. The molecule has 0 unspecified atom stereocenters. The molecule has 0 fully saturated rings. The van der Waals surface area contributed by atoms with Gasteiger partial charge >= 0.3 is 0 Å². The predicted octanol–water partition coefficient (Wildman–Crippen LogP) is 3.42. The van der Waals surface area contributed by atoms with Crippen molar-refractivity contribution in [1.82, 2.24) is 20.1 Å². The zero-order chi connectivity index (χ0) is 14.2. The second kappa shape index (κ2) is 4.52. The first kappa shape index (κ1) is 11.8. The summed E-state index contributed by atoms with van der Waals surface area (Å²) < 4.78 is 18.5. The summed E-state index contributed by atoms with van der Waals surface area (Å²) in [4.78, 5) is 11.6. The van der Waals surface area contributed by atoms with Gasteiger partial charge in [-0.2, -0.15) is 4.98 Å².